The molecule has 0 radical (unpaired) electrons. The van der Waals surface area contributed by atoms with Gasteiger partial charge in [-0.2, -0.15) is 0 Å². The van der Waals surface area contributed by atoms with Crippen molar-refractivity contribution in [1.29, 1.82) is 0 Å². The van der Waals surface area contributed by atoms with Gasteiger partial charge in [0, 0.05) is 19.5 Å². The van der Waals surface area contributed by atoms with Gasteiger partial charge in [0.05, 0.1) is 5.92 Å². The number of hydrogen-bond acceptors (Lipinski definition) is 4. The third kappa shape index (κ3) is 4.37. The second-order valence-corrected chi connectivity index (χ2v) is 6.31. The third-order valence-electron chi connectivity index (χ3n) is 4.45. The summed E-state index contributed by atoms with van der Waals surface area (Å²) >= 11 is 0. The van der Waals surface area contributed by atoms with E-state index in [-0.39, 0.29) is 24.6 Å². The number of amides is 1. The van der Waals surface area contributed by atoms with Crippen LogP contribution in [-0.4, -0.2) is 30.1 Å². The topological polar surface area (TPSA) is 55.8 Å². The molecule has 0 bridgehead atoms. The molecule has 3 rings (SSSR count). The maximum Gasteiger partial charge on any atom is 0.410 e. The number of nitrogens with zero attached hydrogens (tertiary/aromatic N) is 1. The Morgan fingerprint density at radius 1 is 1.17 bits per heavy atom. The van der Waals surface area contributed by atoms with Crippen molar-refractivity contribution < 1.29 is 19.1 Å². The molecule has 0 saturated carbocycles. The maximum atomic E-state index is 12.3. The van der Waals surface area contributed by atoms with E-state index in [1.165, 1.54) is 0 Å². The molecule has 1 atom stereocenters. The lowest BCUT2D eigenvalue weighted by Gasteiger charge is -2.30. The predicted octanol–water partition coefficient (Wildman–Crippen LogP) is 3.65. The molecule has 1 heterocycles. The van der Waals surface area contributed by atoms with Gasteiger partial charge in [0.2, 0.25) is 0 Å². The van der Waals surface area contributed by atoms with E-state index in [1.807, 2.05) is 36.4 Å². The van der Waals surface area contributed by atoms with E-state index in [9.17, 15) is 9.59 Å². The van der Waals surface area contributed by atoms with Crippen molar-refractivity contribution in [1.82, 2.24) is 4.90 Å². The number of benzene rings is 1. The first-order chi connectivity index (χ1) is 11.7. The fraction of sp³-hybridized carbons (Fsp3) is 0.474. The average molecular weight is 329 g/mol. The van der Waals surface area contributed by atoms with Crippen LogP contribution in [0.25, 0.3) is 0 Å². The zero-order valence-corrected chi connectivity index (χ0v) is 13.8. The molecule has 2 aliphatic rings. The molecule has 128 valence electrons. The summed E-state index contributed by atoms with van der Waals surface area (Å²) in [6.07, 6.45) is 6.02. The Morgan fingerprint density at radius 2 is 2.00 bits per heavy atom. The molecule has 0 spiro atoms. The normalized spacial score (nSPS) is 20.4. The van der Waals surface area contributed by atoms with Gasteiger partial charge in [-0.3, -0.25) is 4.79 Å². The van der Waals surface area contributed by atoms with E-state index in [0.717, 1.165) is 43.4 Å². The third-order valence-corrected chi connectivity index (χ3v) is 4.45. The highest BCUT2D eigenvalue weighted by molar-refractivity contribution is 5.75. The van der Waals surface area contributed by atoms with Gasteiger partial charge in [-0.1, -0.05) is 30.3 Å². The van der Waals surface area contributed by atoms with Gasteiger partial charge in [-0.25, -0.2) is 4.79 Å². The van der Waals surface area contributed by atoms with Crippen LogP contribution in [0.2, 0.25) is 0 Å². The van der Waals surface area contributed by atoms with Crippen molar-refractivity contribution in [2.45, 2.75) is 38.7 Å². The lowest BCUT2D eigenvalue weighted by Crippen LogP contribution is -2.43. The van der Waals surface area contributed by atoms with Crippen molar-refractivity contribution in [2.75, 3.05) is 13.1 Å². The molecule has 1 fully saturated rings. The molecular weight excluding hydrogens is 306 g/mol. The number of allylic oxidation sites excluding steroid dienone is 2. The number of esters is 1. The van der Waals surface area contributed by atoms with E-state index in [0.29, 0.717) is 13.1 Å². The molecule has 1 amide bonds. The highest BCUT2D eigenvalue weighted by atomic mass is 16.6. The van der Waals surface area contributed by atoms with Gasteiger partial charge in [-0.05, 0) is 37.3 Å². The SMILES string of the molecule is O=C(OC1=CCCC1)C1CCCN(C(=O)OCc2ccccc2)C1. The molecule has 1 aromatic rings. The van der Waals surface area contributed by atoms with Crippen LogP contribution >= 0.6 is 0 Å². The zero-order chi connectivity index (χ0) is 16.8. The summed E-state index contributed by atoms with van der Waals surface area (Å²) in [6, 6.07) is 9.57. The van der Waals surface area contributed by atoms with Crippen molar-refractivity contribution in [3.63, 3.8) is 0 Å². The largest absolute Gasteiger partial charge is 0.445 e. The van der Waals surface area contributed by atoms with Crippen LogP contribution in [0.3, 0.4) is 0 Å². The smallest absolute Gasteiger partial charge is 0.410 e. The Kier molecular flexibility index (Phi) is 5.51. The summed E-state index contributed by atoms with van der Waals surface area (Å²) in [5.41, 5.74) is 0.951. The van der Waals surface area contributed by atoms with Gasteiger partial charge < -0.3 is 14.4 Å². The van der Waals surface area contributed by atoms with Crippen LogP contribution in [0, 0.1) is 5.92 Å². The summed E-state index contributed by atoms with van der Waals surface area (Å²) in [5.74, 6) is 0.303. The summed E-state index contributed by atoms with van der Waals surface area (Å²) in [7, 11) is 0. The lowest BCUT2D eigenvalue weighted by molar-refractivity contribution is -0.146. The Hall–Kier alpha value is -2.30. The Bertz CT molecular complexity index is 611. The van der Waals surface area contributed by atoms with Crippen LogP contribution in [-0.2, 0) is 20.9 Å². The Labute approximate surface area is 142 Å². The van der Waals surface area contributed by atoms with Crippen molar-refractivity contribution in [2.24, 2.45) is 5.92 Å². The first-order valence-corrected chi connectivity index (χ1v) is 8.59. The standard InChI is InChI=1S/C19H23NO4/c21-18(24-17-10-4-5-11-17)16-9-6-12-20(13-16)19(22)23-14-15-7-2-1-3-8-15/h1-3,7-8,10,16H,4-6,9,11-14H2. The van der Waals surface area contributed by atoms with E-state index in [4.69, 9.17) is 9.47 Å². The Morgan fingerprint density at radius 3 is 2.75 bits per heavy atom. The summed E-state index contributed by atoms with van der Waals surface area (Å²) < 4.78 is 10.8. The Balaban J connectivity index is 1.49. The van der Waals surface area contributed by atoms with E-state index in [1.54, 1.807) is 4.90 Å². The monoisotopic (exact) mass is 329 g/mol. The number of piperidine rings is 1. The number of rotatable bonds is 4. The first-order valence-electron chi connectivity index (χ1n) is 8.59. The van der Waals surface area contributed by atoms with Crippen molar-refractivity contribution >= 4 is 12.1 Å². The van der Waals surface area contributed by atoms with E-state index >= 15 is 0 Å². The highest BCUT2D eigenvalue weighted by Gasteiger charge is 2.31. The molecule has 1 aliphatic carbocycles. The first kappa shape index (κ1) is 16.6. The average Bonchev–Trinajstić information content (AvgIpc) is 3.13. The number of hydrogen-bond donors (Lipinski definition) is 0. The predicted molar refractivity (Wildman–Crippen MR) is 89.0 cm³/mol. The fourth-order valence-corrected chi connectivity index (χ4v) is 3.09. The van der Waals surface area contributed by atoms with Crippen LogP contribution in [0.1, 0.15) is 37.7 Å². The number of ether oxygens (including phenoxy) is 2. The van der Waals surface area contributed by atoms with Gasteiger partial charge in [0.15, 0.2) is 0 Å². The van der Waals surface area contributed by atoms with Crippen LogP contribution in [0.5, 0.6) is 0 Å². The van der Waals surface area contributed by atoms with Crippen LogP contribution in [0.15, 0.2) is 42.2 Å². The van der Waals surface area contributed by atoms with Crippen LogP contribution in [0.4, 0.5) is 4.79 Å². The molecule has 1 aromatic carbocycles. The second-order valence-electron chi connectivity index (χ2n) is 6.31. The molecule has 5 nitrogen and oxygen atoms in total. The summed E-state index contributed by atoms with van der Waals surface area (Å²) in [6.45, 7) is 1.25. The molecule has 0 N–H and O–H groups in total. The van der Waals surface area contributed by atoms with Crippen molar-refractivity contribution in [3.8, 4) is 0 Å². The second kappa shape index (κ2) is 7.99. The lowest BCUT2D eigenvalue weighted by atomic mass is 9.98. The molecule has 0 aromatic heterocycles. The maximum absolute atomic E-state index is 12.3. The minimum absolute atomic E-state index is 0.219. The van der Waals surface area contributed by atoms with Gasteiger partial charge in [-0.15, -0.1) is 0 Å². The van der Waals surface area contributed by atoms with E-state index in [2.05, 4.69) is 0 Å². The van der Waals surface area contributed by atoms with Gasteiger partial charge in [0.25, 0.3) is 0 Å². The number of likely N-dealkylation sites (tertiary alicyclic amines) is 1. The van der Waals surface area contributed by atoms with Gasteiger partial charge >= 0.3 is 12.1 Å². The van der Waals surface area contributed by atoms with Gasteiger partial charge in [0.1, 0.15) is 12.4 Å². The molecule has 5 heteroatoms. The quantitative estimate of drug-likeness (QED) is 0.791. The minimum atomic E-state index is -0.364. The van der Waals surface area contributed by atoms with Crippen molar-refractivity contribution in [3.05, 3.63) is 47.7 Å². The summed E-state index contributed by atoms with van der Waals surface area (Å²) in [4.78, 5) is 26.1. The molecule has 1 aliphatic heterocycles. The highest BCUT2D eigenvalue weighted by Crippen LogP contribution is 2.24. The minimum Gasteiger partial charge on any atom is -0.445 e. The fourth-order valence-electron chi connectivity index (χ4n) is 3.09. The molecule has 1 saturated heterocycles. The molecule has 1 unspecified atom stereocenters. The number of carbonyl (C=O) groups excluding carboxylic acids is 2. The van der Waals surface area contributed by atoms with E-state index < -0.39 is 0 Å². The van der Waals surface area contributed by atoms with Crippen LogP contribution < -0.4 is 0 Å². The molecule has 24 heavy (non-hydrogen) atoms. The molecular formula is C19H23NO4. The number of carbonyl (C=O) groups is 2. The zero-order valence-electron chi connectivity index (χ0n) is 13.8. The summed E-state index contributed by atoms with van der Waals surface area (Å²) in [5, 5.41) is 0.